The van der Waals surface area contributed by atoms with E-state index in [4.69, 9.17) is 18.5 Å². The van der Waals surface area contributed by atoms with Crippen molar-refractivity contribution in [3.8, 4) is 0 Å². The highest BCUT2D eigenvalue weighted by atomic mass is 31.2. The lowest BCUT2D eigenvalue weighted by molar-refractivity contribution is -0.870. The number of carbonyl (C=O) groups is 2. The first-order valence-electron chi connectivity index (χ1n) is 34.5. The summed E-state index contributed by atoms with van der Waals surface area (Å²) < 4.78 is 34.3. The zero-order valence-electron chi connectivity index (χ0n) is 56.3. The minimum absolute atomic E-state index is 0.0449. The first-order valence-corrected chi connectivity index (χ1v) is 36.0. The van der Waals surface area contributed by atoms with Crippen LogP contribution >= 0.6 is 7.82 Å². The van der Waals surface area contributed by atoms with Crippen molar-refractivity contribution in [2.45, 2.75) is 251 Å². The minimum atomic E-state index is -4.66. The lowest BCUT2D eigenvalue weighted by Crippen LogP contribution is -2.37. The molecule has 10 heteroatoms. The van der Waals surface area contributed by atoms with Crippen LogP contribution in [0.4, 0.5) is 0 Å². The highest BCUT2D eigenvalue weighted by Gasteiger charge is 2.22. The van der Waals surface area contributed by atoms with Crippen LogP contribution in [0.5, 0.6) is 0 Å². The summed E-state index contributed by atoms with van der Waals surface area (Å²) in [6.07, 6.45) is 102. The second-order valence-corrected chi connectivity index (χ2v) is 24.8. The molecule has 0 aliphatic heterocycles. The first-order chi connectivity index (χ1) is 43.0. The Hall–Kier alpha value is -4.89. The lowest BCUT2D eigenvalue weighted by Gasteiger charge is -2.28. The van der Waals surface area contributed by atoms with Gasteiger partial charge in [-0.15, -0.1) is 0 Å². The highest BCUT2D eigenvalue weighted by Crippen LogP contribution is 2.38. The van der Waals surface area contributed by atoms with Crippen LogP contribution in [-0.2, 0) is 32.7 Å². The fourth-order valence-electron chi connectivity index (χ4n) is 8.71. The summed E-state index contributed by atoms with van der Waals surface area (Å²) in [7, 11) is 1.13. The fourth-order valence-corrected chi connectivity index (χ4v) is 9.44. The largest absolute Gasteiger partial charge is 0.756 e. The average molecular weight is 1240 g/mol. The molecule has 0 spiro atoms. The Balaban J connectivity index is 4.18. The minimum Gasteiger partial charge on any atom is -0.756 e. The van der Waals surface area contributed by atoms with E-state index >= 15 is 0 Å². The van der Waals surface area contributed by atoms with Crippen LogP contribution in [0.1, 0.15) is 245 Å². The molecule has 0 N–H and O–H groups in total. The van der Waals surface area contributed by atoms with Gasteiger partial charge in [0.1, 0.15) is 19.8 Å². The summed E-state index contributed by atoms with van der Waals surface area (Å²) in [5.41, 5.74) is 0. The van der Waals surface area contributed by atoms with E-state index in [1.165, 1.54) is 57.8 Å². The third-order valence-corrected chi connectivity index (χ3v) is 14.9. The monoisotopic (exact) mass is 1240 g/mol. The molecular formula is C78H126NO8P. The molecule has 0 radical (unpaired) electrons. The molecule has 0 aromatic heterocycles. The normalized spacial score (nSPS) is 14.3. The van der Waals surface area contributed by atoms with Crippen LogP contribution in [0.3, 0.4) is 0 Å². The molecule has 0 fully saturated rings. The van der Waals surface area contributed by atoms with E-state index in [1.54, 1.807) is 0 Å². The fraction of sp³-hybridized carbons (Fsp3) is 0.590. The number of quaternary nitrogens is 1. The van der Waals surface area contributed by atoms with E-state index in [0.29, 0.717) is 17.4 Å². The van der Waals surface area contributed by atoms with Crippen LogP contribution in [0, 0.1) is 0 Å². The second kappa shape index (κ2) is 66.5. The molecule has 9 nitrogen and oxygen atoms in total. The molecule has 0 aromatic carbocycles. The summed E-state index contributed by atoms with van der Waals surface area (Å²) in [4.78, 5) is 38.0. The number of unbranched alkanes of at least 4 members (excludes halogenated alkanes) is 17. The SMILES string of the molecule is CC/C=C\C/C=C\C/C=C\C/C=C\C/C=C\C/C=C\C/C=C\C/C=C\C/C=C\C/C=C\C/C=C\CCCCCCCC(=O)OC(COC(=O)CCCCCCCCCCCCCC/C=C\C/C=C\C/C=C\C/C=C\CC)COP(=O)([O-])OCC[N+](C)(C)C. The van der Waals surface area contributed by atoms with Crippen molar-refractivity contribution in [3.05, 3.63) is 182 Å². The molecule has 0 amide bonds. The van der Waals surface area contributed by atoms with Crippen LogP contribution in [-0.4, -0.2) is 70.0 Å². The van der Waals surface area contributed by atoms with E-state index < -0.39 is 32.5 Å². The van der Waals surface area contributed by atoms with Crippen LogP contribution in [0.2, 0.25) is 0 Å². The van der Waals surface area contributed by atoms with Crippen LogP contribution in [0.15, 0.2) is 182 Å². The van der Waals surface area contributed by atoms with Crippen LogP contribution in [0.25, 0.3) is 0 Å². The van der Waals surface area contributed by atoms with Gasteiger partial charge in [-0.3, -0.25) is 14.2 Å². The summed E-state index contributed by atoms with van der Waals surface area (Å²) in [5.74, 6) is -0.869. The summed E-state index contributed by atoms with van der Waals surface area (Å²) in [5, 5.41) is 0. The van der Waals surface area contributed by atoms with Gasteiger partial charge in [-0.2, -0.15) is 0 Å². The third-order valence-electron chi connectivity index (χ3n) is 13.9. The zero-order valence-corrected chi connectivity index (χ0v) is 57.2. The van der Waals surface area contributed by atoms with Gasteiger partial charge in [0.2, 0.25) is 0 Å². The van der Waals surface area contributed by atoms with Gasteiger partial charge in [0.05, 0.1) is 27.7 Å². The molecule has 0 heterocycles. The topological polar surface area (TPSA) is 111 Å². The average Bonchev–Trinajstić information content (AvgIpc) is 3.68. The third kappa shape index (κ3) is 70.2. The van der Waals surface area contributed by atoms with Gasteiger partial charge in [-0.1, -0.05) is 280 Å². The Morgan fingerprint density at radius 2 is 0.614 bits per heavy atom. The van der Waals surface area contributed by atoms with Crippen molar-refractivity contribution in [1.82, 2.24) is 0 Å². The van der Waals surface area contributed by atoms with Gasteiger partial charge in [0.15, 0.2) is 6.10 Å². The highest BCUT2D eigenvalue weighted by molar-refractivity contribution is 7.45. The number of likely N-dealkylation sites (N-methyl/N-ethyl adjacent to an activating group) is 1. The summed E-state index contributed by atoms with van der Waals surface area (Å²) >= 11 is 0. The molecule has 0 aromatic rings. The van der Waals surface area contributed by atoms with Gasteiger partial charge in [-0.05, 0) is 135 Å². The van der Waals surface area contributed by atoms with Crippen molar-refractivity contribution >= 4 is 19.8 Å². The molecular weight excluding hydrogens is 1110 g/mol. The number of rotatable bonds is 61. The number of esters is 2. The zero-order chi connectivity index (χ0) is 64.1. The Labute approximate surface area is 540 Å². The molecule has 2 unspecified atom stereocenters. The van der Waals surface area contributed by atoms with Crippen molar-refractivity contribution in [3.63, 3.8) is 0 Å². The molecule has 2 atom stereocenters. The standard InChI is InChI=1S/C78H126NO8P/c1-6-8-10-12-14-16-18-20-22-24-26-28-30-32-33-34-35-36-37-38-39-40-41-42-43-44-45-47-49-51-53-55-57-59-61-63-65-67-69-71-78(81)87-76(75-86-88(82,83)85-73-72-79(3,4)5)74-84-77(80)70-68-66-64-62-60-58-56-54-52-50-48-46-31-29-27-25-23-21-19-17-15-13-11-9-7-2/h8-11,14-17,20-23,26-29,32-33,35-36,38-39,41-42,44-45,49,51,55,57,76H,6-7,12-13,18-19,24-25,30-31,34,37,40,43,46-48,50,52-54,56,58-75H2,1-5H3/b10-8-,11-9-,16-14-,17-15-,22-20-,23-21-,28-26-,29-27-,33-32-,36-35-,39-38-,42-41-,45-44-,51-49-,57-55-. The summed E-state index contributed by atoms with van der Waals surface area (Å²) in [6, 6.07) is 0. The predicted molar refractivity (Wildman–Crippen MR) is 378 cm³/mol. The molecule has 496 valence electrons. The maximum absolute atomic E-state index is 12.9. The van der Waals surface area contributed by atoms with E-state index in [9.17, 15) is 19.0 Å². The van der Waals surface area contributed by atoms with E-state index in [-0.39, 0.29) is 26.1 Å². The molecule has 0 saturated carbocycles. The molecule has 88 heavy (non-hydrogen) atoms. The Bertz CT molecular complexity index is 2140. The smallest absolute Gasteiger partial charge is 0.306 e. The number of nitrogens with zero attached hydrogens (tertiary/aromatic N) is 1. The van der Waals surface area contributed by atoms with E-state index in [2.05, 4.69) is 196 Å². The molecule has 0 rings (SSSR count). The molecule has 0 aliphatic carbocycles. The van der Waals surface area contributed by atoms with Crippen molar-refractivity contribution in [2.24, 2.45) is 0 Å². The number of allylic oxidation sites excluding steroid dienone is 30. The number of hydrogen-bond acceptors (Lipinski definition) is 8. The number of phosphoric acid groups is 1. The van der Waals surface area contributed by atoms with Gasteiger partial charge in [-0.25, -0.2) is 0 Å². The van der Waals surface area contributed by atoms with Crippen molar-refractivity contribution < 1.29 is 42.1 Å². The second-order valence-electron chi connectivity index (χ2n) is 23.4. The molecule has 0 aliphatic rings. The van der Waals surface area contributed by atoms with Crippen LogP contribution < -0.4 is 4.89 Å². The van der Waals surface area contributed by atoms with Gasteiger partial charge in [0.25, 0.3) is 7.82 Å². The van der Waals surface area contributed by atoms with Gasteiger partial charge in [0, 0.05) is 12.8 Å². The summed E-state index contributed by atoms with van der Waals surface area (Å²) in [6.45, 7) is 3.97. The number of ether oxygens (including phenoxy) is 2. The lowest BCUT2D eigenvalue weighted by atomic mass is 10.0. The van der Waals surface area contributed by atoms with Gasteiger partial charge >= 0.3 is 11.9 Å². The first kappa shape index (κ1) is 83.1. The maximum atomic E-state index is 12.9. The quantitative estimate of drug-likeness (QED) is 0.0195. The number of phosphoric ester groups is 1. The van der Waals surface area contributed by atoms with E-state index in [0.717, 1.165) is 154 Å². The molecule has 0 saturated heterocycles. The van der Waals surface area contributed by atoms with E-state index in [1.807, 2.05) is 21.1 Å². The Kier molecular flexibility index (Phi) is 62.8. The predicted octanol–water partition coefficient (Wildman–Crippen LogP) is 22.1. The Morgan fingerprint density at radius 1 is 0.352 bits per heavy atom. The van der Waals surface area contributed by atoms with Crippen molar-refractivity contribution in [1.29, 1.82) is 0 Å². The van der Waals surface area contributed by atoms with Crippen molar-refractivity contribution in [2.75, 3.05) is 47.5 Å². The number of hydrogen-bond donors (Lipinski definition) is 0. The maximum Gasteiger partial charge on any atom is 0.306 e. The number of carbonyl (C=O) groups excluding carboxylic acids is 2. The Morgan fingerprint density at radius 3 is 0.909 bits per heavy atom. The van der Waals surface area contributed by atoms with Gasteiger partial charge < -0.3 is 27.9 Å². The molecule has 0 bridgehead atoms.